The first kappa shape index (κ1) is 16.8. The van der Waals surface area contributed by atoms with Crippen molar-refractivity contribution in [2.45, 2.75) is 19.4 Å². The number of carbonyl (C=O) groups is 1. The van der Waals surface area contributed by atoms with Gasteiger partial charge in [-0.1, -0.05) is 42.5 Å². The van der Waals surface area contributed by atoms with Crippen molar-refractivity contribution < 1.29 is 14.1 Å². The minimum absolute atomic E-state index is 0.200. The highest BCUT2D eigenvalue weighted by molar-refractivity contribution is 5.76. The van der Waals surface area contributed by atoms with Crippen LogP contribution in [0.4, 0.5) is 0 Å². The number of amides is 1. The van der Waals surface area contributed by atoms with Gasteiger partial charge >= 0.3 is 0 Å². The number of aryl methyl sites for hydroxylation is 1. The molecular weight excluding hydrogens is 326 g/mol. The second kappa shape index (κ2) is 7.70. The van der Waals surface area contributed by atoms with Crippen LogP contribution >= 0.6 is 0 Å². The van der Waals surface area contributed by atoms with Gasteiger partial charge in [-0.25, -0.2) is 4.98 Å². The predicted molar refractivity (Wildman–Crippen MR) is 99.8 cm³/mol. The average Bonchev–Trinajstić information content (AvgIpc) is 3.10. The first-order chi connectivity index (χ1) is 12.8. The van der Waals surface area contributed by atoms with Gasteiger partial charge in [0, 0.05) is 18.4 Å². The number of oxazole rings is 1. The SMILES string of the molecule is O=C(CCc1nc2ccccc2o1)N1CC[NH+](Cc2ccccc2)CC1. The number of hydrogen-bond acceptors (Lipinski definition) is 3. The lowest BCUT2D eigenvalue weighted by Gasteiger charge is -2.32. The van der Waals surface area contributed by atoms with E-state index in [0.717, 1.165) is 43.8 Å². The Kier molecular flexibility index (Phi) is 4.97. The quantitative estimate of drug-likeness (QED) is 0.762. The zero-order chi connectivity index (χ0) is 17.8. The topological polar surface area (TPSA) is 50.8 Å². The molecule has 134 valence electrons. The first-order valence-electron chi connectivity index (χ1n) is 9.28. The fraction of sp³-hybridized carbons (Fsp3) is 0.333. The van der Waals surface area contributed by atoms with Crippen LogP contribution in [0.1, 0.15) is 17.9 Å². The number of nitrogens with one attached hydrogen (secondary N) is 1. The van der Waals surface area contributed by atoms with Gasteiger partial charge in [0.25, 0.3) is 0 Å². The summed E-state index contributed by atoms with van der Waals surface area (Å²) in [6.45, 7) is 4.70. The standard InChI is InChI=1S/C21H23N3O2/c25-21(11-10-20-22-18-8-4-5-9-19(18)26-20)24-14-12-23(13-15-24)16-17-6-2-1-3-7-17/h1-9H,10-16H2/p+1. The summed E-state index contributed by atoms with van der Waals surface area (Å²) in [5.74, 6) is 0.846. The third-order valence-electron chi connectivity index (χ3n) is 5.01. The Bertz CT molecular complexity index is 834. The molecule has 5 nitrogen and oxygen atoms in total. The van der Waals surface area contributed by atoms with E-state index in [1.165, 1.54) is 5.56 Å². The van der Waals surface area contributed by atoms with E-state index in [-0.39, 0.29) is 5.91 Å². The fourth-order valence-electron chi connectivity index (χ4n) is 3.53. The van der Waals surface area contributed by atoms with E-state index in [1.807, 2.05) is 35.2 Å². The summed E-state index contributed by atoms with van der Waals surface area (Å²) in [6, 6.07) is 18.3. The summed E-state index contributed by atoms with van der Waals surface area (Å²) < 4.78 is 5.70. The molecule has 4 rings (SSSR count). The molecular formula is C21H24N3O2+. The first-order valence-corrected chi connectivity index (χ1v) is 9.28. The van der Waals surface area contributed by atoms with Crippen LogP contribution in [0.25, 0.3) is 11.1 Å². The zero-order valence-electron chi connectivity index (χ0n) is 14.9. The van der Waals surface area contributed by atoms with E-state index in [0.29, 0.717) is 18.7 Å². The van der Waals surface area contributed by atoms with Gasteiger partial charge in [-0.05, 0) is 12.1 Å². The van der Waals surface area contributed by atoms with Gasteiger partial charge in [0.2, 0.25) is 5.91 Å². The zero-order valence-corrected chi connectivity index (χ0v) is 14.9. The van der Waals surface area contributed by atoms with E-state index in [1.54, 1.807) is 4.90 Å². The molecule has 0 saturated carbocycles. The Morgan fingerprint density at radius 3 is 2.54 bits per heavy atom. The van der Waals surface area contributed by atoms with E-state index in [4.69, 9.17) is 4.42 Å². The molecule has 1 aliphatic rings. The normalized spacial score (nSPS) is 15.5. The number of rotatable bonds is 5. The Balaban J connectivity index is 1.25. The molecule has 3 aromatic rings. The number of para-hydroxylation sites is 2. The van der Waals surface area contributed by atoms with Gasteiger partial charge in [0.05, 0.1) is 26.2 Å². The molecule has 1 N–H and O–H groups in total. The Labute approximate surface area is 153 Å². The predicted octanol–water partition coefficient (Wildman–Crippen LogP) is 1.69. The number of fused-ring (bicyclic) bond motifs is 1. The van der Waals surface area contributed by atoms with Crippen molar-refractivity contribution >= 4 is 17.0 Å². The minimum Gasteiger partial charge on any atom is -0.441 e. The summed E-state index contributed by atoms with van der Waals surface area (Å²) >= 11 is 0. The molecule has 1 aliphatic heterocycles. The Morgan fingerprint density at radius 2 is 1.77 bits per heavy atom. The number of hydrogen-bond donors (Lipinski definition) is 1. The molecule has 5 heteroatoms. The maximum absolute atomic E-state index is 12.5. The van der Waals surface area contributed by atoms with E-state index >= 15 is 0 Å². The van der Waals surface area contributed by atoms with Crippen molar-refractivity contribution in [1.82, 2.24) is 9.88 Å². The molecule has 26 heavy (non-hydrogen) atoms. The lowest BCUT2D eigenvalue weighted by molar-refractivity contribution is -0.917. The number of carbonyl (C=O) groups excluding carboxylic acids is 1. The molecule has 1 fully saturated rings. The molecule has 2 heterocycles. The van der Waals surface area contributed by atoms with Crippen LogP contribution in [0, 0.1) is 0 Å². The smallest absolute Gasteiger partial charge is 0.223 e. The van der Waals surface area contributed by atoms with Crippen LogP contribution in [0.5, 0.6) is 0 Å². The van der Waals surface area contributed by atoms with Crippen molar-refractivity contribution in [1.29, 1.82) is 0 Å². The molecule has 0 unspecified atom stereocenters. The molecule has 0 bridgehead atoms. The highest BCUT2D eigenvalue weighted by Crippen LogP contribution is 2.16. The monoisotopic (exact) mass is 350 g/mol. The highest BCUT2D eigenvalue weighted by Gasteiger charge is 2.23. The third-order valence-corrected chi connectivity index (χ3v) is 5.01. The van der Waals surface area contributed by atoms with Gasteiger partial charge in [0.15, 0.2) is 11.5 Å². The van der Waals surface area contributed by atoms with E-state index in [9.17, 15) is 4.79 Å². The van der Waals surface area contributed by atoms with Crippen LogP contribution in [-0.4, -0.2) is 42.0 Å². The lowest BCUT2D eigenvalue weighted by atomic mass is 10.2. The van der Waals surface area contributed by atoms with Crippen LogP contribution in [0.2, 0.25) is 0 Å². The maximum Gasteiger partial charge on any atom is 0.223 e. The second-order valence-corrected chi connectivity index (χ2v) is 6.87. The van der Waals surface area contributed by atoms with Crippen molar-refractivity contribution in [2.24, 2.45) is 0 Å². The average molecular weight is 350 g/mol. The lowest BCUT2D eigenvalue weighted by Crippen LogP contribution is -3.13. The van der Waals surface area contributed by atoms with Crippen LogP contribution < -0.4 is 4.90 Å². The van der Waals surface area contributed by atoms with Crippen molar-refractivity contribution in [3.63, 3.8) is 0 Å². The molecule has 2 aromatic carbocycles. The van der Waals surface area contributed by atoms with Crippen LogP contribution in [0.15, 0.2) is 59.0 Å². The number of nitrogens with zero attached hydrogens (tertiary/aromatic N) is 2. The molecule has 0 spiro atoms. The highest BCUT2D eigenvalue weighted by atomic mass is 16.3. The summed E-state index contributed by atoms with van der Waals surface area (Å²) in [7, 11) is 0. The molecule has 1 aromatic heterocycles. The molecule has 0 aliphatic carbocycles. The fourth-order valence-corrected chi connectivity index (χ4v) is 3.53. The van der Waals surface area contributed by atoms with Gasteiger partial charge in [-0.3, -0.25) is 4.79 Å². The number of aromatic nitrogens is 1. The summed E-state index contributed by atoms with van der Waals surface area (Å²) in [4.78, 5) is 20.5. The number of quaternary nitrogens is 1. The van der Waals surface area contributed by atoms with Crippen LogP contribution in [-0.2, 0) is 17.8 Å². The molecule has 0 radical (unpaired) electrons. The number of benzene rings is 2. The van der Waals surface area contributed by atoms with Gasteiger partial charge in [0.1, 0.15) is 12.1 Å². The second-order valence-electron chi connectivity index (χ2n) is 6.87. The van der Waals surface area contributed by atoms with E-state index < -0.39 is 0 Å². The van der Waals surface area contributed by atoms with Gasteiger partial charge in [-0.15, -0.1) is 0 Å². The Hall–Kier alpha value is -2.66. The third kappa shape index (κ3) is 3.94. The van der Waals surface area contributed by atoms with Gasteiger partial charge in [-0.2, -0.15) is 0 Å². The summed E-state index contributed by atoms with van der Waals surface area (Å²) in [5, 5.41) is 0. The molecule has 1 amide bonds. The van der Waals surface area contributed by atoms with Crippen molar-refractivity contribution in [3.8, 4) is 0 Å². The maximum atomic E-state index is 12.5. The van der Waals surface area contributed by atoms with Crippen LogP contribution in [0.3, 0.4) is 0 Å². The van der Waals surface area contributed by atoms with Crippen molar-refractivity contribution in [3.05, 3.63) is 66.1 Å². The molecule has 0 atom stereocenters. The Morgan fingerprint density at radius 1 is 1.04 bits per heavy atom. The van der Waals surface area contributed by atoms with E-state index in [2.05, 4.69) is 29.2 Å². The van der Waals surface area contributed by atoms with Gasteiger partial charge < -0.3 is 14.2 Å². The number of piperazine rings is 1. The van der Waals surface area contributed by atoms with Crippen molar-refractivity contribution in [2.75, 3.05) is 26.2 Å². The summed E-state index contributed by atoms with van der Waals surface area (Å²) in [6.07, 6.45) is 1.02. The largest absolute Gasteiger partial charge is 0.441 e. The minimum atomic E-state index is 0.200. The molecule has 1 saturated heterocycles. The summed E-state index contributed by atoms with van der Waals surface area (Å²) in [5.41, 5.74) is 3.00.